The molecule has 0 N–H and O–H groups in total. The van der Waals surface area contributed by atoms with Gasteiger partial charge in [-0.1, -0.05) is 23.9 Å². The number of benzene rings is 2. The molecule has 5 nitrogen and oxygen atoms in total. The minimum atomic E-state index is -0.306. The lowest BCUT2D eigenvalue weighted by Gasteiger charge is -2.36. The van der Waals surface area contributed by atoms with Gasteiger partial charge >= 0.3 is 0 Å². The first-order valence-corrected chi connectivity index (χ1v) is 10.8. The molecule has 1 aromatic heterocycles. The number of halogens is 1. The molecule has 0 unspecified atom stereocenters. The molecule has 1 fully saturated rings. The van der Waals surface area contributed by atoms with Gasteiger partial charge in [-0.15, -0.1) is 0 Å². The summed E-state index contributed by atoms with van der Waals surface area (Å²) in [5.74, 6) is -0.356. The second kappa shape index (κ2) is 8.29. The number of carbonyl (C=O) groups excluding carboxylic acids is 1. The molecule has 0 atom stereocenters. The van der Waals surface area contributed by atoms with Crippen molar-refractivity contribution in [3.8, 4) is 5.69 Å². The van der Waals surface area contributed by atoms with Gasteiger partial charge in [-0.25, -0.2) is 9.37 Å². The molecule has 0 spiro atoms. The maximum atomic E-state index is 13.4. The second-order valence-corrected chi connectivity index (χ2v) is 7.83. The second-order valence-electron chi connectivity index (χ2n) is 7.06. The van der Waals surface area contributed by atoms with E-state index in [0.29, 0.717) is 23.9 Å². The maximum absolute atomic E-state index is 13.4. The lowest BCUT2D eigenvalue weighted by Crippen LogP contribution is -2.49. The predicted molar refractivity (Wildman–Crippen MR) is 115 cm³/mol. The molecule has 1 aliphatic rings. The van der Waals surface area contributed by atoms with Gasteiger partial charge in [0, 0.05) is 37.6 Å². The zero-order chi connectivity index (χ0) is 20.4. The Morgan fingerprint density at radius 1 is 1.03 bits per heavy atom. The predicted octanol–water partition coefficient (Wildman–Crippen LogP) is 4.00. The normalized spacial score (nSPS) is 14.3. The van der Waals surface area contributed by atoms with Crippen molar-refractivity contribution in [3.63, 3.8) is 0 Å². The Morgan fingerprint density at radius 3 is 2.41 bits per heavy atom. The molecular weight excluding hydrogens is 387 g/mol. The summed E-state index contributed by atoms with van der Waals surface area (Å²) in [5.41, 5.74) is 3.66. The molecule has 150 valence electrons. The molecule has 2 aromatic carbocycles. The Labute approximate surface area is 174 Å². The summed E-state index contributed by atoms with van der Waals surface area (Å²) in [5, 5.41) is 0.707. The monoisotopic (exact) mass is 410 g/mol. The summed E-state index contributed by atoms with van der Waals surface area (Å²) < 4.78 is 15.2. The standard InChI is InChI=1S/C22H23FN4OS/c1-16-4-3-5-19(14-16)25-10-12-26(13-11-25)21(28)20-15-24-22(29-2)27(20)18-8-6-17(23)7-9-18/h3-9,14-15H,10-13H2,1-2H3. The van der Waals surface area contributed by atoms with Crippen LogP contribution in [0, 0.1) is 12.7 Å². The molecule has 0 aliphatic carbocycles. The topological polar surface area (TPSA) is 41.4 Å². The Morgan fingerprint density at radius 2 is 1.76 bits per heavy atom. The van der Waals surface area contributed by atoms with Gasteiger partial charge in [0.1, 0.15) is 11.5 Å². The van der Waals surface area contributed by atoms with Gasteiger partial charge in [0.05, 0.1) is 6.20 Å². The number of imidazole rings is 1. The first kappa shape index (κ1) is 19.5. The molecule has 0 radical (unpaired) electrons. The van der Waals surface area contributed by atoms with Crippen LogP contribution < -0.4 is 4.90 Å². The molecular formula is C22H23FN4OS. The SMILES string of the molecule is CSc1ncc(C(=O)N2CCN(c3cccc(C)c3)CC2)n1-c1ccc(F)cc1. The first-order valence-electron chi connectivity index (χ1n) is 9.55. The molecule has 1 aliphatic heterocycles. The molecule has 4 rings (SSSR count). The average Bonchev–Trinajstić information content (AvgIpc) is 3.18. The average molecular weight is 411 g/mol. The number of thioether (sulfide) groups is 1. The van der Waals surface area contributed by atoms with Crippen LogP contribution >= 0.6 is 11.8 Å². The molecule has 1 amide bonds. The maximum Gasteiger partial charge on any atom is 0.272 e. The van der Waals surface area contributed by atoms with Crippen LogP contribution in [0.2, 0.25) is 0 Å². The Balaban J connectivity index is 1.54. The molecule has 0 saturated carbocycles. The minimum absolute atomic E-state index is 0.0500. The lowest BCUT2D eigenvalue weighted by molar-refractivity contribution is 0.0738. The van der Waals surface area contributed by atoms with Gasteiger partial charge in [-0.2, -0.15) is 0 Å². The van der Waals surface area contributed by atoms with E-state index < -0.39 is 0 Å². The summed E-state index contributed by atoms with van der Waals surface area (Å²) in [7, 11) is 0. The number of nitrogens with zero attached hydrogens (tertiary/aromatic N) is 4. The van der Waals surface area contributed by atoms with E-state index >= 15 is 0 Å². The molecule has 7 heteroatoms. The lowest BCUT2D eigenvalue weighted by atomic mass is 10.2. The summed E-state index contributed by atoms with van der Waals surface area (Å²) in [6.07, 6.45) is 3.53. The number of aromatic nitrogens is 2. The Kier molecular flexibility index (Phi) is 5.58. The van der Waals surface area contributed by atoms with Crippen LogP contribution in [-0.4, -0.2) is 52.8 Å². The van der Waals surface area contributed by atoms with Gasteiger partial charge in [0.25, 0.3) is 5.91 Å². The zero-order valence-corrected chi connectivity index (χ0v) is 17.3. The fraction of sp³-hybridized carbons (Fsp3) is 0.273. The fourth-order valence-corrected chi connectivity index (χ4v) is 4.17. The highest BCUT2D eigenvalue weighted by molar-refractivity contribution is 7.98. The number of piperazine rings is 1. The van der Waals surface area contributed by atoms with Gasteiger partial charge in [0.15, 0.2) is 5.16 Å². The van der Waals surface area contributed by atoms with E-state index in [2.05, 4.69) is 41.1 Å². The van der Waals surface area contributed by atoms with Crippen molar-refractivity contribution < 1.29 is 9.18 Å². The smallest absolute Gasteiger partial charge is 0.272 e. The van der Waals surface area contributed by atoms with Gasteiger partial charge in [-0.05, 0) is 55.1 Å². The summed E-state index contributed by atoms with van der Waals surface area (Å²) in [6.45, 7) is 4.96. The van der Waals surface area contributed by atoms with Crippen molar-refractivity contribution in [1.82, 2.24) is 14.5 Å². The number of hydrogen-bond acceptors (Lipinski definition) is 4. The van der Waals surface area contributed by atoms with Crippen LogP contribution in [0.15, 0.2) is 59.9 Å². The molecule has 0 bridgehead atoms. The largest absolute Gasteiger partial charge is 0.368 e. The van der Waals surface area contributed by atoms with Crippen LogP contribution in [0.4, 0.5) is 10.1 Å². The highest BCUT2D eigenvalue weighted by Gasteiger charge is 2.26. The van der Waals surface area contributed by atoms with E-state index in [0.717, 1.165) is 18.8 Å². The highest BCUT2D eigenvalue weighted by atomic mass is 32.2. The quantitative estimate of drug-likeness (QED) is 0.610. The van der Waals surface area contributed by atoms with E-state index in [-0.39, 0.29) is 11.7 Å². The van der Waals surface area contributed by atoms with Crippen molar-refractivity contribution in [2.75, 3.05) is 37.3 Å². The minimum Gasteiger partial charge on any atom is -0.368 e. The summed E-state index contributed by atoms with van der Waals surface area (Å²) in [4.78, 5) is 21.8. The zero-order valence-electron chi connectivity index (χ0n) is 16.5. The number of rotatable bonds is 4. The molecule has 29 heavy (non-hydrogen) atoms. The van der Waals surface area contributed by atoms with E-state index in [1.807, 2.05) is 11.2 Å². The third kappa shape index (κ3) is 4.00. The Hall–Kier alpha value is -2.80. The van der Waals surface area contributed by atoms with Crippen LogP contribution in [-0.2, 0) is 0 Å². The Bertz CT molecular complexity index is 1010. The van der Waals surface area contributed by atoms with Gasteiger partial charge in [0.2, 0.25) is 0 Å². The van der Waals surface area contributed by atoms with Crippen molar-refractivity contribution in [2.24, 2.45) is 0 Å². The highest BCUT2D eigenvalue weighted by Crippen LogP contribution is 2.24. The fourth-order valence-electron chi connectivity index (χ4n) is 3.62. The summed E-state index contributed by atoms with van der Waals surface area (Å²) >= 11 is 1.46. The number of hydrogen-bond donors (Lipinski definition) is 0. The van der Waals surface area contributed by atoms with Crippen molar-refractivity contribution in [1.29, 1.82) is 0 Å². The summed E-state index contributed by atoms with van der Waals surface area (Å²) in [6, 6.07) is 14.6. The molecule has 3 aromatic rings. The van der Waals surface area contributed by atoms with Crippen LogP contribution in [0.5, 0.6) is 0 Å². The molecule has 2 heterocycles. The first-order chi connectivity index (χ1) is 14.1. The molecule has 1 saturated heterocycles. The van der Waals surface area contributed by atoms with E-state index in [1.54, 1.807) is 22.9 Å². The van der Waals surface area contributed by atoms with Crippen molar-refractivity contribution in [3.05, 3.63) is 71.8 Å². The van der Waals surface area contributed by atoms with Crippen LogP contribution in [0.1, 0.15) is 16.1 Å². The van der Waals surface area contributed by atoms with E-state index in [4.69, 9.17) is 0 Å². The van der Waals surface area contributed by atoms with E-state index in [9.17, 15) is 9.18 Å². The third-order valence-corrected chi connectivity index (χ3v) is 5.80. The number of aryl methyl sites for hydroxylation is 1. The van der Waals surface area contributed by atoms with Crippen LogP contribution in [0.25, 0.3) is 5.69 Å². The third-order valence-electron chi connectivity index (χ3n) is 5.15. The van der Waals surface area contributed by atoms with E-state index in [1.165, 1.54) is 35.1 Å². The van der Waals surface area contributed by atoms with Crippen molar-refractivity contribution >= 4 is 23.4 Å². The van der Waals surface area contributed by atoms with Crippen molar-refractivity contribution in [2.45, 2.75) is 12.1 Å². The number of anilines is 1. The van der Waals surface area contributed by atoms with Crippen LogP contribution in [0.3, 0.4) is 0 Å². The van der Waals surface area contributed by atoms with Gasteiger partial charge in [-0.3, -0.25) is 9.36 Å². The van der Waals surface area contributed by atoms with Gasteiger partial charge < -0.3 is 9.80 Å². The number of carbonyl (C=O) groups is 1. The number of amides is 1.